The van der Waals surface area contributed by atoms with Gasteiger partial charge in [0.25, 0.3) is 11.7 Å². The summed E-state index contributed by atoms with van der Waals surface area (Å²) in [5, 5.41) is 11.3. The van der Waals surface area contributed by atoms with E-state index in [1.54, 1.807) is 55.9 Å². The molecule has 1 atom stereocenters. The summed E-state index contributed by atoms with van der Waals surface area (Å²) in [6.45, 7) is 5.01. The van der Waals surface area contributed by atoms with Crippen LogP contribution >= 0.6 is 0 Å². The van der Waals surface area contributed by atoms with Crippen LogP contribution in [0.25, 0.3) is 5.76 Å². The van der Waals surface area contributed by atoms with Crippen LogP contribution in [0.2, 0.25) is 0 Å². The third-order valence-corrected chi connectivity index (χ3v) is 6.14. The van der Waals surface area contributed by atoms with E-state index >= 15 is 0 Å². The van der Waals surface area contributed by atoms with Gasteiger partial charge in [0, 0.05) is 24.5 Å². The number of aromatic nitrogens is 1. The van der Waals surface area contributed by atoms with E-state index in [0.29, 0.717) is 35.2 Å². The molecule has 1 aromatic heterocycles. The van der Waals surface area contributed by atoms with Gasteiger partial charge in [-0.25, -0.2) is 0 Å². The van der Waals surface area contributed by atoms with Gasteiger partial charge in [-0.2, -0.15) is 0 Å². The maximum atomic E-state index is 13.3. The minimum absolute atomic E-state index is 0.0403. The Hall–Kier alpha value is -4.13. The van der Waals surface area contributed by atoms with Gasteiger partial charge in [-0.1, -0.05) is 26.0 Å². The molecule has 1 aliphatic rings. The topological polar surface area (TPSA) is 89.0 Å². The first-order valence-corrected chi connectivity index (χ1v) is 11.9. The fraction of sp³-hybridized carbons (Fsp3) is 0.276. The predicted octanol–water partition coefficient (Wildman–Crippen LogP) is 5.14. The number of ketones is 1. The molecule has 4 rings (SSSR count). The second-order valence-corrected chi connectivity index (χ2v) is 9.11. The van der Waals surface area contributed by atoms with Crippen LogP contribution in [0, 0.1) is 5.92 Å². The van der Waals surface area contributed by atoms with Crippen LogP contribution in [0.4, 0.5) is 0 Å². The lowest BCUT2D eigenvalue weighted by Gasteiger charge is -2.26. The number of hydrogen-bond acceptors (Lipinski definition) is 6. The van der Waals surface area contributed by atoms with Gasteiger partial charge in [-0.15, -0.1) is 0 Å². The van der Waals surface area contributed by atoms with E-state index in [9.17, 15) is 14.7 Å². The Morgan fingerprint density at radius 3 is 2.42 bits per heavy atom. The number of nitrogens with zero attached hydrogens (tertiary/aromatic N) is 2. The lowest BCUT2D eigenvalue weighted by Crippen LogP contribution is -2.29. The van der Waals surface area contributed by atoms with Gasteiger partial charge in [0.05, 0.1) is 25.3 Å². The van der Waals surface area contributed by atoms with Crippen molar-refractivity contribution in [1.29, 1.82) is 0 Å². The minimum atomic E-state index is -0.783. The zero-order valence-electron chi connectivity index (χ0n) is 20.7. The first kappa shape index (κ1) is 25.0. The van der Waals surface area contributed by atoms with Crippen molar-refractivity contribution in [3.63, 3.8) is 0 Å². The number of aliphatic hydroxyl groups is 1. The molecule has 1 fully saturated rings. The molecule has 1 saturated heterocycles. The number of carbonyl (C=O) groups excluding carboxylic acids is 2. The monoisotopic (exact) mass is 486 g/mol. The maximum absolute atomic E-state index is 13.3. The van der Waals surface area contributed by atoms with Gasteiger partial charge in [-0.3, -0.25) is 14.6 Å². The van der Waals surface area contributed by atoms with Crippen molar-refractivity contribution < 1.29 is 24.2 Å². The lowest BCUT2D eigenvalue weighted by atomic mass is 9.95. The van der Waals surface area contributed by atoms with Crippen molar-refractivity contribution in [1.82, 2.24) is 9.88 Å². The molecule has 1 N–H and O–H groups in total. The number of benzene rings is 2. The summed E-state index contributed by atoms with van der Waals surface area (Å²) in [5.74, 6) is 0.139. The van der Waals surface area contributed by atoms with Gasteiger partial charge in [0.15, 0.2) is 0 Å². The summed E-state index contributed by atoms with van der Waals surface area (Å²) in [4.78, 5) is 32.0. The Labute approximate surface area is 211 Å². The highest BCUT2D eigenvalue weighted by Crippen LogP contribution is 2.41. The molecule has 1 amide bonds. The molecular weight excluding hydrogens is 456 g/mol. The fourth-order valence-electron chi connectivity index (χ4n) is 4.17. The van der Waals surface area contributed by atoms with Crippen LogP contribution in [0.15, 0.2) is 78.6 Å². The summed E-state index contributed by atoms with van der Waals surface area (Å²) < 4.78 is 11.1. The molecule has 186 valence electrons. The van der Waals surface area contributed by atoms with Crippen molar-refractivity contribution in [2.75, 3.05) is 13.7 Å². The Bertz CT molecular complexity index is 1250. The molecular formula is C29H30N2O5. The van der Waals surface area contributed by atoms with E-state index in [2.05, 4.69) is 18.8 Å². The summed E-state index contributed by atoms with van der Waals surface area (Å²) in [7, 11) is 1.55. The number of Topliss-reactive ketones (excluding diaryl/α,β-unsaturated/α-hetero) is 1. The average Bonchev–Trinajstić information content (AvgIpc) is 3.14. The van der Waals surface area contributed by atoms with Gasteiger partial charge >= 0.3 is 0 Å². The molecule has 3 aromatic rings. The predicted molar refractivity (Wildman–Crippen MR) is 136 cm³/mol. The highest BCUT2D eigenvalue weighted by atomic mass is 16.5. The van der Waals surface area contributed by atoms with Crippen LogP contribution in [0.1, 0.15) is 43.0 Å². The van der Waals surface area contributed by atoms with Crippen molar-refractivity contribution in [3.8, 4) is 11.5 Å². The molecule has 1 unspecified atom stereocenters. The Morgan fingerprint density at radius 1 is 1.03 bits per heavy atom. The second kappa shape index (κ2) is 11.1. The zero-order chi connectivity index (χ0) is 25.7. The molecule has 0 saturated carbocycles. The molecule has 0 aliphatic carbocycles. The lowest BCUT2D eigenvalue weighted by molar-refractivity contribution is -0.140. The SMILES string of the molecule is COc1ccc(/C(O)=C2\C(=O)C(=O)N(Cc3ccncc3)C2c2cccc(OCCC(C)C)c2)cc1. The smallest absolute Gasteiger partial charge is 0.295 e. The van der Waals surface area contributed by atoms with Crippen LogP contribution < -0.4 is 9.47 Å². The molecule has 36 heavy (non-hydrogen) atoms. The number of hydrogen-bond donors (Lipinski definition) is 1. The Morgan fingerprint density at radius 2 is 1.75 bits per heavy atom. The van der Waals surface area contributed by atoms with Crippen LogP contribution in [-0.4, -0.2) is 40.4 Å². The van der Waals surface area contributed by atoms with Crippen LogP contribution in [0.5, 0.6) is 11.5 Å². The molecule has 7 heteroatoms. The summed E-state index contributed by atoms with van der Waals surface area (Å²) in [6.07, 6.45) is 4.19. The number of amides is 1. The normalized spacial score (nSPS) is 17.0. The Balaban J connectivity index is 1.78. The molecule has 2 heterocycles. The summed E-state index contributed by atoms with van der Waals surface area (Å²) in [5.41, 5.74) is 1.97. The van der Waals surface area contributed by atoms with E-state index in [-0.39, 0.29) is 17.9 Å². The molecule has 0 spiro atoms. The first-order valence-electron chi connectivity index (χ1n) is 11.9. The minimum Gasteiger partial charge on any atom is -0.507 e. The van der Waals surface area contributed by atoms with Crippen molar-refractivity contribution in [2.45, 2.75) is 32.9 Å². The van der Waals surface area contributed by atoms with Crippen LogP contribution in [-0.2, 0) is 16.1 Å². The number of pyridine rings is 1. The van der Waals surface area contributed by atoms with Crippen molar-refractivity contribution in [3.05, 3.63) is 95.3 Å². The standard InChI is InChI=1S/C29H30N2O5/c1-19(2)13-16-36-24-6-4-5-22(17-24)26-25(27(32)21-7-9-23(35-3)10-8-21)28(33)29(34)31(26)18-20-11-14-30-15-12-20/h4-12,14-15,17,19,26,32H,13,16,18H2,1-3H3/b27-25+. The highest BCUT2D eigenvalue weighted by molar-refractivity contribution is 6.46. The molecule has 1 aliphatic heterocycles. The van der Waals surface area contributed by atoms with Gasteiger partial charge < -0.3 is 19.5 Å². The van der Waals surface area contributed by atoms with Crippen LogP contribution in [0.3, 0.4) is 0 Å². The number of ether oxygens (including phenoxy) is 2. The number of likely N-dealkylation sites (tertiary alicyclic amines) is 1. The van der Waals surface area contributed by atoms with E-state index in [1.165, 1.54) is 4.90 Å². The van der Waals surface area contributed by atoms with Crippen molar-refractivity contribution in [2.24, 2.45) is 5.92 Å². The van der Waals surface area contributed by atoms with E-state index in [1.807, 2.05) is 24.3 Å². The number of rotatable bonds is 9. The third-order valence-electron chi connectivity index (χ3n) is 6.14. The van der Waals surface area contributed by atoms with Gasteiger partial charge in [0.1, 0.15) is 17.3 Å². The number of aliphatic hydroxyl groups excluding tert-OH is 1. The highest BCUT2D eigenvalue weighted by Gasteiger charge is 2.46. The molecule has 0 radical (unpaired) electrons. The first-order chi connectivity index (χ1) is 17.4. The summed E-state index contributed by atoms with van der Waals surface area (Å²) in [6, 6.07) is 16.9. The molecule has 2 aromatic carbocycles. The van der Waals surface area contributed by atoms with Crippen molar-refractivity contribution >= 4 is 17.4 Å². The quantitative estimate of drug-likeness (QED) is 0.256. The summed E-state index contributed by atoms with van der Waals surface area (Å²) >= 11 is 0. The second-order valence-electron chi connectivity index (χ2n) is 9.11. The maximum Gasteiger partial charge on any atom is 0.295 e. The third kappa shape index (κ3) is 5.40. The number of carbonyl (C=O) groups is 2. The van der Waals surface area contributed by atoms with Gasteiger partial charge in [-0.05, 0) is 72.0 Å². The van der Waals surface area contributed by atoms with E-state index in [4.69, 9.17) is 9.47 Å². The van der Waals surface area contributed by atoms with E-state index < -0.39 is 17.7 Å². The van der Waals surface area contributed by atoms with Gasteiger partial charge in [0.2, 0.25) is 0 Å². The number of methoxy groups -OCH3 is 1. The Kier molecular flexibility index (Phi) is 7.68. The molecule has 0 bridgehead atoms. The molecule has 7 nitrogen and oxygen atoms in total. The average molecular weight is 487 g/mol. The zero-order valence-corrected chi connectivity index (χ0v) is 20.7. The van der Waals surface area contributed by atoms with E-state index in [0.717, 1.165) is 12.0 Å². The largest absolute Gasteiger partial charge is 0.507 e. The fourth-order valence-corrected chi connectivity index (χ4v) is 4.17.